The van der Waals surface area contributed by atoms with Crippen LogP contribution in [0.1, 0.15) is 27.0 Å². The van der Waals surface area contributed by atoms with Crippen molar-refractivity contribution in [1.82, 2.24) is 5.32 Å². The summed E-state index contributed by atoms with van der Waals surface area (Å²) in [6, 6.07) is 8.10. The fourth-order valence-corrected chi connectivity index (χ4v) is 2.54. The first-order valence-electron chi connectivity index (χ1n) is 6.01. The van der Waals surface area contributed by atoms with Crippen LogP contribution >= 0.6 is 11.3 Å². The maximum absolute atomic E-state index is 13.2. The molecular formula is C14H15FN2OS. The van der Waals surface area contributed by atoms with Crippen molar-refractivity contribution in [3.05, 3.63) is 51.5 Å². The minimum Gasteiger partial charge on any atom is -0.396 e. The second-order valence-electron chi connectivity index (χ2n) is 4.14. The lowest BCUT2D eigenvalue weighted by Gasteiger charge is -2.04. The van der Waals surface area contributed by atoms with E-state index in [-0.39, 0.29) is 17.2 Å². The molecule has 0 fully saturated rings. The number of nitrogens with two attached hydrogens (primary N) is 1. The molecule has 0 unspecified atom stereocenters. The summed E-state index contributed by atoms with van der Waals surface area (Å²) in [5.74, 6) is -0.873. The number of nitrogens with one attached hydrogen (secondary N) is 1. The highest BCUT2D eigenvalue weighted by atomic mass is 32.1. The number of rotatable bonds is 4. The van der Waals surface area contributed by atoms with Gasteiger partial charge in [0.1, 0.15) is 5.82 Å². The van der Waals surface area contributed by atoms with Gasteiger partial charge >= 0.3 is 0 Å². The molecule has 0 radical (unpaired) electrons. The van der Waals surface area contributed by atoms with Gasteiger partial charge in [-0.05, 0) is 36.8 Å². The third-order valence-corrected chi connectivity index (χ3v) is 3.98. The molecule has 5 heteroatoms. The highest BCUT2D eigenvalue weighted by Gasteiger charge is 2.08. The third kappa shape index (κ3) is 3.32. The van der Waals surface area contributed by atoms with Gasteiger partial charge in [0.2, 0.25) is 0 Å². The Morgan fingerprint density at radius 3 is 2.68 bits per heavy atom. The monoisotopic (exact) mass is 278 g/mol. The molecule has 100 valence electrons. The molecule has 1 aromatic carbocycles. The average Bonchev–Trinajstić information content (AvgIpc) is 2.87. The number of halogens is 1. The van der Waals surface area contributed by atoms with Crippen LogP contribution < -0.4 is 11.1 Å². The molecule has 2 rings (SSSR count). The van der Waals surface area contributed by atoms with Crippen LogP contribution in [0.2, 0.25) is 0 Å². The van der Waals surface area contributed by atoms with Crippen LogP contribution in [0.25, 0.3) is 0 Å². The molecule has 0 saturated carbocycles. The van der Waals surface area contributed by atoms with Gasteiger partial charge in [-0.3, -0.25) is 4.79 Å². The molecule has 2 aromatic rings. The zero-order valence-corrected chi connectivity index (χ0v) is 11.4. The largest absolute Gasteiger partial charge is 0.396 e. The molecule has 0 saturated heterocycles. The maximum atomic E-state index is 13.2. The number of anilines is 1. The number of hydrogen-bond acceptors (Lipinski definition) is 3. The van der Waals surface area contributed by atoms with Crippen LogP contribution in [0.4, 0.5) is 10.1 Å². The van der Waals surface area contributed by atoms with Crippen molar-refractivity contribution in [2.24, 2.45) is 0 Å². The molecule has 3 nitrogen and oxygen atoms in total. The zero-order valence-electron chi connectivity index (χ0n) is 10.6. The first kappa shape index (κ1) is 13.5. The topological polar surface area (TPSA) is 55.1 Å². The minimum atomic E-state index is -0.572. The number of nitrogen functional groups attached to an aromatic ring is 1. The van der Waals surface area contributed by atoms with Gasteiger partial charge in [0, 0.05) is 15.3 Å². The lowest BCUT2D eigenvalue weighted by atomic mass is 10.2. The zero-order chi connectivity index (χ0) is 13.8. The second-order valence-corrected chi connectivity index (χ2v) is 5.39. The molecule has 0 aliphatic heterocycles. The Balaban J connectivity index is 1.99. The van der Waals surface area contributed by atoms with E-state index in [0.29, 0.717) is 6.54 Å². The van der Waals surface area contributed by atoms with E-state index < -0.39 is 5.82 Å². The Hall–Kier alpha value is -1.88. The molecule has 3 N–H and O–H groups in total. The summed E-state index contributed by atoms with van der Waals surface area (Å²) in [6.45, 7) is 2.54. The van der Waals surface area contributed by atoms with E-state index in [1.54, 1.807) is 11.3 Å². The number of amides is 1. The normalized spacial score (nSPS) is 10.4. The van der Waals surface area contributed by atoms with E-state index in [1.165, 1.54) is 17.0 Å². The highest BCUT2D eigenvalue weighted by Crippen LogP contribution is 2.17. The van der Waals surface area contributed by atoms with Crippen LogP contribution in [-0.4, -0.2) is 5.91 Å². The second kappa shape index (κ2) is 5.84. The van der Waals surface area contributed by atoms with Gasteiger partial charge in [-0.15, -0.1) is 11.3 Å². The number of carbonyl (C=O) groups is 1. The van der Waals surface area contributed by atoms with Gasteiger partial charge in [0.25, 0.3) is 5.91 Å². The van der Waals surface area contributed by atoms with Crippen molar-refractivity contribution in [1.29, 1.82) is 0 Å². The fraction of sp³-hybridized carbons (Fsp3) is 0.214. The first-order chi connectivity index (χ1) is 9.10. The maximum Gasteiger partial charge on any atom is 0.251 e. The molecule has 0 spiro atoms. The van der Waals surface area contributed by atoms with Gasteiger partial charge in [-0.2, -0.15) is 0 Å². The van der Waals surface area contributed by atoms with Crippen LogP contribution in [0.3, 0.4) is 0 Å². The molecule has 19 heavy (non-hydrogen) atoms. The Bertz CT molecular complexity index is 595. The van der Waals surface area contributed by atoms with Gasteiger partial charge in [0.15, 0.2) is 0 Å². The molecule has 0 aliphatic rings. The molecular weight excluding hydrogens is 263 g/mol. The van der Waals surface area contributed by atoms with Crippen molar-refractivity contribution in [3.8, 4) is 0 Å². The summed E-state index contributed by atoms with van der Waals surface area (Å²) >= 11 is 1.67. The number of hydrogen-bond donors (Lipinski definition) is 2. The number of thiophene rings is 1. The van der Waals surface area contributed by atoms with Crippen LogP contribution in [0.5, 0.6) is 0 Å². The van der Waals surface area contributed by atoms with Crippen molar-refractivity contribution in [3.63, 3.8) is 0 Å². The van der Waals surface area contributed by atoms with Crippen molar-refractivity contribution >= 4 is 22.9 Å². The van der Waals surface area contributed by atoms with E-state index in [0.717, 1.165) is 17.4 Å². The minimum absolute atomic E-state index is 0.0439. The molecule has 0 aliphatic carbocycles. The van der Waals surface area contributed by atoms with E-state index in [4.69, 9.17) is 5.73 Å². The summed E-state index contributed by atoms with van der Waals surface area (Å²) in [6.07, 6.45) is 0.988. The van der Waals surface area contributed by atoms with E-state index in [9.17, 15) is 9.18 Å². The molecule has 1 heterocycles. The van der Waals surface area contributed by atoms with Crippen molar-refractivity contribution in [2.75, 3.05) is 5.73 Å². The predicted octanol–water partition coefficient (Wildman–Crippen LogP) is 2.96. The Kier molecular flexibility index (Phi) is 4.16. The molecule has 1 amide bonds. The third-order valence-electron chi connectivity index (χ3n) is 2.75. The van der Waals surface area contributed by atoms with Crippen LogP contribution in [-0.2, 0) is 13.0 Å². The van der Waals surface area contributed by atoms with E-state index >= 15 is 0 Å². The predicted molar refractivity (Wildman–Crippen MR) is 75.7 cm³/mol. The van der Waals surface area contributed by atoms with Gasteiger partial charge in [-0.25, -0.2) is 4.39 Å². The molecule has 0 bridgehead atoms. The van der Waals surface area contributed by atoms with Crippen LogP contribution in [0.15, 0.2) is 30.3 Å². The SMILES string of the molecule is CCc1ccc(CNC(=O)c2ccc(N)c(F)c2)s1. The Labute approximate surface area is 115 Å². The number of carbonyl (C=O) groups excluding carboxylic acids is 1. The lowest BCUT2D eigenvalue weighted by Crippen LogP contribution is -2.22. The lowest BCUT2D eigenvalue weighted by molar-refractivity contribution is 0.0951. The molecule has 1 aromatic heterocycles. The van der Waals surface area contributed by atoms with Gasteiger partial charge in [-0.1, -0.05) is 6.92 Å². The first-order valence-corrected chi connectivity index (χ1v) is 6.82. The molecule has 0 atom stereocenters. The summed E-state index contributed by atoms with van der Waals surface area (Å²) in [7, 11) is 0. The van der Waals surface area contributed by atoms with E-state index in [1.807, 2.05) is 6.07 Å². The highest BCUT2D eigenvalue weighted by molar-refractivity contribution is 7.11. The smallest absolute Gasteiger partial charge is 0.251 e. The Morgan fingerprint density at radius 1 is 1.32 bits per heavy atom. The van der Waals surface area contributed by atoms with Crippen molar-refractivity contribution < 1.29 is 9.18 Å². The summed E-state index contributed by atoms with van der Waals surface area (Å²) in [5.41, 5.74) is 5.69. The number of benzene rings is 1. The fourth-order valence-electron chi connectivity index (χ4n) is 1.65. The summed E-state index contributed by atoms with van der Waals surface area (Å²) in [4.78, 5) is 14.2. The van der Waals surface area contributed by atoms with Gasteiger partial charge in [0.05, 0.1) is 12.2 Å². The van der Waals surface area contributed by atoms with Gasteiger partial charge < -0.3 is 11.1 Å². The summed E-state index contributed by atoms with van der Waals surface area (Å²) in [5, 5.41) is 2.76. The Morgan fingerprint density at radius 2 is 2.05 bits per heavy atom. The summed E-state index contributed by atoms with van der Waals surface area (Å²) < 4.78 is 13.2. The van der Waals surface area contributed by atoms with E-state index in [2.05, 4.69) is 18.3 Å². The average molecular weight is 278 g/mol. The number of aryl methyl sites for hydroxylation is 1. The standard InChI is InChI=1S/C14H15FN2OS/c1-2-10-4-5-11(19-10)8-17-14(18)9-3-6-13(16)12(15)7-9/h3-7H,2,8,16H2,1H3,(H,17,18). The van der Waals surface area contributed by atoms with Crippen LogP contribution in [0, 0.1) is 5.82 Å². The van der Waals surface area contributed by atoms with Crippen molar-refractivity contribution in [2.45, 2.75) is 19.9 Å². The quantitative estimate of drug-likeness (QED) is 0.845.